The fourth-order valence-electron chi connectivity index (χ4n) is 3.97. The van der Waals surface area contributed by atoms with Crippen LogP contribution >= 0.6 is 0 Å². The van der Waals surface area contributed by atoms with Crippen LogP contribution in [-0.4, -0.2) is 35.4 Å². The molecule has 0 aliphatic heterocycles. The van der Waals surface area contributed by atoms with Crippen LogP contribution in [-0.2, 0) is 16.0 Å². The average molecular weight is 457 g/mol. The maximum atomic E-state index is 13.1. The summed E-state index contributed by atoms with van der Waals surface area (Å²) in [5.41, 5.74) is 4.40. The maximum absolute atomic E-state index is 13.1. The SMILES string of the molecule is CC(=N)c1ccc2c(c1)c1cc(C(=O)c3ccccc3)ccc1n2CCOC(=O)OCC(C)C. The lowest BCUT2D eigenvalue weighted by Gasteiger charge is -2.10. The Morgan fingerprint density at radius 2 is 1.47 bits per heavy atom. The summed E-state index contributed by atoms with van der Waals surface area (Å²) in [7, 11) is 0. The van der Waals surface area contributed by atoms with E-state index < -0.39 is 6.16 Å². The summed E-state index contributed by atoms with van der Waals surface area (Å²) in [6.07, 6.45) is -0.674. The number of hydrogen-bond acceptors (Lipinski definition) is 5. The Morgan fingerprint density at radius 1 is 0.853 bits per heavy atom. The van der Waals surface area contributed by atoms with Gasteiger partial charge in [0.05, 0.1) is 13.2 Å². The van der Waals surface area contributed by atoms with Crippen LogP contribution in [0.5, 0.6) is 0 Å². The number of hydrogen-bond donors (Lipinski definition) is 1. The molecule has 0 aliphatic carbocycles. The predicted octanol–water partition coefficient (Wildman–Crippen LogP) is 6.22. The number of carbonyl (C=O) groups excluding carboxylic acids is 2. The van der Waals surface area contributed by atoms with Crippen LogP contribution in [0.2, 0.25) is 0 Å². The highest BCUT2D eigenvalue weighted by atomic mass is 16.7. The van der Waals surface area contributed by atoms with Gasteiger partial charge in [-0.3, -0.25) is 4.79 Å². The molecular formula is C28H28N2O4. The van der Waals surface area contributed by atoms with Gasteiger partial charge in [0.15, 0.2) is 5.78 Å². The zero-order valence-corrected chi connectivity index (χ0v) is 19.6. The van der Waals surface area contributed by atoms with E-state index in [0.29, 0.717) is 30.0 Å². The smallest absolute Gasteiger partial charge is 0.434 e. The van der Waals surface area contributed by atoms with Crippen molar-refractivity contribution in [1.29, 1.82) is 5.41 Å². The Morgan fingerprint density at radius 3 is 2.09 bits per heavy atom. The van der Waals surface area contributed by atoms with E-state index in [4.69, 9.17) is 14.9 Å². The molecule has 0 saturated carbocycles. The van der Waals surface area contributed by atoms with Crippen LogP contribution in [0, 0.1) is 11.3 Å². The second-order valence-electron chi connectivity index (χ2n) is 8.74. The molecular weight excluding hydrogens is 428 g/mol. The fourth-order valence-corrected chi connectivity index (χ4v) is 3.97. The van der Waals surface area contributed by atoms with E-state index in [1.54, 1.807) is 6.92 Å². The first kappa shape index (κ1) is 23.2. The van der Waals surface area contributed by atoms with E-state index in [1.165, 1.54) is 0 Å². The number of aromatic nitrogens is 1. The van der Waals surface area contributed by atoms with Gasteiger partial charge in [0.2, 0.25) is 0 Å². The van der Waals surface area contributed by atoms with Crippen molar-refractivity contribution in [1.82, 2.24) is 4.57 Å². The molecule has 4 rings (SSSR count). The van der Waals surface area contributed by atoms with Crippen molar-refractivity contribution in [3.63, 3.8) is 0 Å². The first-order valence-corrected chi connectivity index (χ1v) is 11.4. The van der Waals surface area contributed by atoms with Crippen molar-refractivity contribution >= 4 is 39.5 Å². The van der Waals surface area contributed by atoms with Gasteiger partial charge < -0.3 is 19.5 Å². The number of nitrogens with one attached hydrogen (secondary N) is 1. The number of carbonyl (C=O) groups is 2. The lowest BCUT2D eigenvalue weighted by Crippen LogP contribution is -2.15. The van der Waals surface area contributed by atoms with E-state index in [9.17, 15) is 9.59 Å². The normalized spacial score (nSPS) is 11.2. The third-order valence-corrected chi connectivity index (χ3v) is 5.67. The van der Waals surface area contributed by atoms with Crippen molar-refractivity contribution < 1.29 is 19.1 Å². The summed E-state index contributed by atoms with van der Waals surface area (Å²) in [5.74, 6) is 0.197. The van der Waals surface area contributed by atoms with E-state index in [1.807, 2.05) is 80.6 Å². The third kappa shape index (κ3) is 4.86. The van der Waals surface area contributed by atoms with Crippen LogP contribution in [0.4, 0.5) is 4.79 Å². The van der Waals surface area contributed by atoms with Crippen molar-refractivity contribution in [2.24, 2.45) is 5.92 Å². The summed E-state index contributed by atoms with van der Waals surface area (Å²) in [4.78, 5) is 24.9. The van der Waals surface area contributed by atoms with Crippen molar-refractivity contribution in [2.45, 2.75) is 27.3 Å². The second-order valence-corrected chi connectivity index (χ2v) is 8.74. The fraction of sp³-hybridized carbons (Fsp3) is 0.250. The standard InChI is InChI=1S/C28H28N2O4/c1-18(2)17-34-28(32)33-14-13-30-25-11-9-21(19(3)29)15-23(25)24-16-22(10-12-26(24)30)27(31)20-7-5-4-6-8-20/h4-12,15-16,18,29H,13-14,17H2,1-3H3. The molecule has 0 amide bonds. The van der Waals surface area contributed by atoms with Crippen LogP contribution < -0.4 is 0 Å². The lowest BCUT2D eigenvalue weighted by molar-refractivity contribution is 0.0458. The zero-order valence-electron chi connectivity index (χ0n) is 19.6. The first-order valence-electron chi connectivity index (χ1n) is 11.4. The number of nitrogens with zero attached hydrogens (tertiary/aromatic N) is 1. The Bertz CT molecular complexity index is 1370. The number of ketones is 1. The van der Waals surface area contributed by atoms with Gasteiger partial charge in [-0.05, 0) is 48.7 Å². The zero-order chi connectivity index (χ0) is 24.2. The van der Waals surface area contributed by atoms with Crippen molar-refractivity contribution in [3.05, 3.63) is 83.4 Å². The topological polar surface area (TPSA) is 81.4 Å². The molecule has 0 fully saturated rings. The number of fused-ring (bicyclic) bond motifs is 3. The Hall–Kier alpha value is -3.93. The third-order valence-electron chi connectivity index (χ3n) is 5.67. The van der Waals surface area contributed by atoms with E-state index >= 15 is 0 Å². The van der Waals surface area contributed by atoms with Gasteiger partial charge in [0.25, 0.3) is 0 Å². The van der Waals surface area contributed by atoms with Gasteiger partial charge in [-0.25, -0.2) is 4.79 Å². The molecule has 1 aromatic heterocycles. The van der Waals surface area contributed by atoms with Crippen molar-refractivity contribution in [3.8, 4) is 0 Å². The van der Waals surface area contributed by atoms with Gasteiger partial charge in [-0.2, -0.15) is 0 Å². The van der Waals surface area contributed by atoms with E-state index in [2.05, 4.69) is 4.57 Å². The average Bonchev–Trinajstić information content (AvgIpc) is 3.15. The monoisotopic (exact) mass is 456 g/mol. The van der Waals surface area contributed by atoms with Crippen LogP contribution in [0.3, 0.4) is 0 Å². The highest BCUT2D eigenvalue weighted by Gasteiger charge is 2.16. The molecule has 0 radical (unpaired) electrons. The summed E-state index contributed by atoms with van der Waals surface area (Å²) in [5, 5.41) is 9.91. The predicted molar refractivity (Wildman–Crippen MR) is 134 cm³/mol. The first-order chi connectivity index (χ1) is 16.3. The Balaban J connectivity index is 1.71. The molecule has 0 saturated heterocycles. The minimum Gasteiger partial charge on any atom is -0.434 e. The molecule has 6 heteroatoms. The largest absolute Gasteiger partial charge is 0.508 e. The molecule has 6 nitrogen and oxygen atoms in total. The highest BCUT2D eigenvalue weighted by Crippen LogP contribution is 2.31. The highest BCUT2D eigenvalue weighted by molar-refractivity contribution is 6.15. The van der Waals surface area contributed by atoms with E-state index in [-0.39, 0.29) is 18.3 Å². The summed E-state index contributed by atoms with van der Waals surface area (Å²) >= 11 is 0. The van der Waals surface area contributed by atoms with Gasteiger partial charge >= 0.3 is 6.16 Å². The molecule has 1 N–H and O–H groups in total. The van der Waals surface area contributed by atoms with Crippen molar-refractivity contribution in [2.75, 3.05) is 13.2 Å². The summed E-state index contributed by atoms with van der Waals surface area (Å²) in [6.45, 7) is 6.59. The number of benzene rings is 3. The van der Waals surface area contributed by atoms with Crippen LogP contribution in [0.1, 0.15) is 42.3 Å². The maximum Gasteiger partial charge on any atom is 0.508 e. The minimum absolute atomic E-state index is 0.0426. The molecule has 0 atom stereocenters. The quantitative estimate of drug-likeness (QED) is 0.194. The molecule has 0 bridgehead atoms. The Kier molecular flexibility index (Phi) is 6.77. The van der Waals surface area contributed by atoms with Gasteiger partial charge in [0, 0.05) is 38.6 Å². The lowest BCUT2D eigenvalue weighted by atomic mass is 10.0. The Labute approximate surface area is 198 Å². The minimum atomic E-state index is -0.674. The number of ether oxygens (including phenoxy) is 2. The molecule has 0 aliphatic rings. The van der Waals surface area contributed by atoms with Gasteiger partial charge in [-0.1, -0.05) is 50.2 Å². The molecule has 3 aromatic carbocycles. The molecule has 0 spiro atoms. The summed E-state index contributed by atoms with van der Waals surface area (Å²) in [6, 6.07) is 20.7. The molecule has 34 heavy (non-hydrogen) atoms. The van der Waals surface area contributed by atoms with Gasteiger partial charge in [-0.15, -0.1) is 0 Å². The molecule has 0 unspecified atom stereocenters. The summed E-state index contributed by atoms with van der Waals surface area (Å²) < 4.78 is 12.4. The second kappa shape index (κ2) is 9.91. The van der Waals surface area contributed by atoms with Gasteiger partial charge in [0.1, 0.15) is 6.61 Å². The molecule has 4 aromatic rings. The molecule has 1 heterocycles. The van der Waals surface area contributed by atoms with Crippen LogP contribution in [0.15, 0.2) is 66.7 Å². The number of rotatable bonds is 8. The molecule has 174 valence electrons. The van der Waals surface area contributed by atoms with Crippen LogP contribution in [0.25, 0.3) is 21.8 Å². The van der Waals surface area contributed by atoms with E-state index in [0.717, 1.165) is 27.4 Å².